The summed E-state index contributed by atoms with van der Waals surface area (Å²) in [5.41, 5.74) is -0.432. The molecule has 4 nitrogen and oxygen atoms in total. The minimum Gasteiger partial charge on any atom is -0.338 e. The van der Waals surface area contributed by atoms with E-state index in [1.54, 1.807) is 0 Å². The molecule has 1 fully saturated rings. The second-order valence-electron chi connectivity index (χ2n) is 5.20. The van der Waals surface area contributed by atoms with Crippen LogP contribution in [-0.2, 0) is 9.05 Å². The second kappa shape index (κ2) is 5.88. The molecule has 1 heterocycles. The van der Waals surface area contributed by atoms with Gasteiger partial charge in [0.15, 0.2) is 11.6 Å². The van der Waals surface area contributed by atoms with Gasteiger partial charge in [-0.05, 0) is 30.9 Å². The van der Waals surface area contributed by atoms with E-state index in [9.17, 15) is 22.0 Å². The Labute approximate surface area is 126 Å². The van der Waals surface area contributed by atoms with Gasteiger partial charge in [-0.3, -0.25) is 4.79 Å². The number of amides is 1. The van der Waals surface area contributed by atoms with E-state index in [-0.39, 0.29) is 5.92 Å². The van der Waals surface area contributed by atoms with Crippen molar-refractivity contribution in [3.05, 3.63) is 29.3 Å². The highest BCUT2D eigenvalue weighted by Crippen LogP contribution is 2.26. The molecule has 116 valence electrons. The highest BCUT2D eigenvalue weighted by molar-refractivity contribution is 8.13. The number of carbonyl (C=O) groups is 1. The highest BCUT2D eigenvalue weighted by atomic mass is 35.7. The van der Waals surface area contributed by atoms with Gasteiger partial charge in [0.1, 0.15) is 0 Å². The molecule has 0 N–H and O–H groups in total. The van der Waals surface area contributed by atoms with Gasteiger partial charge in [0.2, 0.25) is 0 Å². The third kappa shape index (κ3) is 3.52. The Hall–Kier alpha value is -1.21. The van der Waals surface area contributed by atoms with Gasteiger partial charge < -0.3 is 4.90 Å². The van der Waals surface area contributed by atoms with Crippen molar-refractivity contribution >= 4 is 25.6 Å². The summed E-state index contributed by atoms with van der Waals surface area (Å²) < 4.78 is 49.6. The van der Waals surface area contributed by atoms with Gasteiger partial charge in [-0.15, -0.1) is 0 Å². The number of likely N-dealkylation sites (tertiary alicyclic amines) is 1. The molecule has 0 bridgehead atoms. The molecule has 2 rings (SSSR count). The highest BCUT2D eigenvalue weighted by Gasteiger charge is 2.29. The molecule has 1 aliphatic heterocycles. The van der Waals surface area contributed by atoms with E-state index in [4.69, 9.17) is 10.7 Å². The van der Waals surface area contributed by atoms with Crippen molar-refractivity contribution in [2.24, 2.45) is 5.92 Å². The molecular formula is C13H14ClF2NO3S. The number of carbonyl (C=O) groups excluding carboxylic acids is 1. The van der Waals surface area contributed by atoms with E-state index in [1.807, 2.05) is 6.92 Å². The van der Waals surface area contributed by atoms with Crippen LogP contribution in [0.1, 0.15) is 30.1 Å². The van der Waals surface area contributed by atoms with Crippen molar-refractivity contribution in [1.29, 1.82) is 0 Å². The maximum atomic E-state index is 13.4. The fourth-order valence-electron chi connectivity index (χ4n) is 2.44. The van der Waals surface area contributed by atoms with Gasteiger partial charge in [0.25, 0.3) is 15.0 Å². The van der Waals surface area contributed by atoms with Crippen LogP contribution in [0.15, 0.2) is 17.0 Å². The zero-order valence-corrected chi connectivity index (χ0v) is 12.8. The fourth-order valence-corrected chi connectivity index (χ4v) is 3.48. The molecule has 21 heavy (non-hydrogen) atoms. The molecule has 1 saturated heterocycles. The zero-order valence-electron chi connectivity index (χ0n) is 11.3. The lowest BCUT2D eigenvalue weighted by Crippen LogP contribution is -2.39. The standard InChI is InChI=1S/C13H14ClF2NO3S/c1-8-3-2-4-17(7-8)13(18)9-5-10(15)11(16)6-12(9)21(14,19)20/h5-6,8H,2-4,7H2,1H3. The monoisotopic (exact) mass is 337 g/mol. The molecule has 8 heteroatoms. The number of hydrogen-bond acceptors (Lipinski definition) is 3. The Bertz CT molecular complexity index is 678. The number of piperidine rings is 1. The summed E-state index contributed by atoms with van der Waals surface area (Å²) in [6.07, 6.45) is 1.74. The molecule has 1 unspecified atom stereocenters. The molecule has 1 aliphatic rings. The number of benzene rings is 1. The SMILES string of the molecule is CC1CCCN(C(=O)c2cc(F)c(F)cc2S(=O)(=O)Cl)C1. The largest absolute Gasteiger partial charge is 0.338 e. The number of rotatable bonds is 2. The quantitative estimate of drug-likeness (QED) is 0.780. The Morgan fingerprint density at radius 1 is 1.33 bits per heavy atom. The van der Waals surface area contributed by atoms with E-state index in [0.717, 1.165) is 12.8 Å². The zero-order chi connectivity index (χ0) is 15.8. The van der Waals surface area contributed by atoms with Crippen LogP contribution < -0.4 is 0 Å². The Kier molecular flexibility index (Phi) is 4.53. The van der Waals surface area contributed by atoms with Gasteiger partial charge in [0, 0.05) is 23.8 Å². The lowest BCUT2D eigenvalue weighted by molar-refractivity contribution is 0.0678. The molecule has 0 aromatic heterocycles. The minimum absolute atomic E-state index is 0.268. The van der Waals surface area contributed by atoms with Gasteiger partial charge in [-0.1, -0.05) is 6.92 Å². The summed E-state index contributed by atoms with van der Waals surface area (Å²) in [6.45, 7) is 2.85. The van der Waals surface area contributed by atoms with Crippen LogP contribution in [0.5, 0.6) is 0 Å². The first-order valence-corrected chi connectivity index (χ1v) is 8.74. The minimum atomic E-state index is -4.35. The van der Waals surface area contributed by atoms with Crippen LogP contribution in [0.2, 0.25) is 0 Å². The van der Waals surface area contributed by atoms with Crippen LogP contribution in [0.3, 0.4) is 0 Å². The van der Waals surface area contributed by atoms with Gasteiger partial charge in [-0.25, -0.2) is 17.2 Å². The topological polar surface area (TPSA) is 54.5 Å². The Morgan fingerprint density at radius 2 is 1.95 bits per heavy atom. The first kappa shape index (κ1) is 16.2. The maximum Gasteiger partial charge on any atom is 0.262 e. The first-order chi connectivity index (χ1) is 9.70. The number of nitrogens with zero attached hydrogens (tertiary/aromatic N) is 1. The van der Waals surface area contributed by atoms with Crippen LogP contribution in [0.25, 0.3) is 0 Å². The molecule has 1 atom stereocenters. The van der Waals surface area contributed by atoms with Crippen molar-refractivity contribution in [3.8, 4) is 0 Å². The molecular weight excluding hydrogens is 324 g/mol. The predicted octanol–water partition coefficient (Wildman–Crippen LogP) is 2.76. The average Bonchev–Trinajstić information content (AvgIpc) is 2.39. The van der Waals surface area contributed by atoms with E-state index >= 15 is 0 Å². The summed E-state index contributed by atoms with van der Waals surface area (Å²) in [4.78, 5) is 13.1. The summed E-state index contributed by atoms with van der Waals surface area (Å²) in [7, 11) is 0.860. The lowest BCUT2D eigenvalue weighted by atomic mass is 9.99. The fraction of sp³-hybridized carbons (Fsp3) is 0.462. The number of hydrogen-bond donors (Lipinski definition) is 0. The molecule has 0 aliphatic carbocycles. The molecule has 1 aromatic carbocycles. The van der Waals surface area contributed by atoms with Crippen molar-refractivity contribution < 1.29 is 22.0 Å². The third-order valence-corrected chi connectivity index (χ3v) is 4.82. The average molecular weight is 338 g/mol. The molecule has 1 amide bonds. The molecule has 0 radical (unpaired) electrons. The van der Waals surface area contributed by atoms with E-state index < -0.39 is 37.1 Å². The molecule has 1 aromatic rings. The van der Waals surface area contributed by atoms with Crippen molar-refractivity contribution in [3.63, 3.8) is 0 Å². The predicted molar refractivity (Wildman–Crippen MR) is 73.7 cm³/mol. The normalized spacial score (nSPS) is 19.6. The first-order valence-electron chi connectivity index (χ1n) is 6.43. The summed E-state index contributed by atoms with van der Waals surface area (Å²) in [6, 6.07) is 1.03. The van der Waals surface area contributed by atoms with E-state index in [1.165, 1.54) is 4.90 Å². The van der Waals surface area contributed by atoms with Crippen molar-refractivity contribution in [2.45, 2.75) is 24.7 Å². The van der Waals surface area contributed by atoms with Crippen molar-refractivity contribution in [1.82, 2.24) is 4.90 Å². The van der Waals surface area contributed by atoms with Crippen LogP contribution >= 0.6 is 10.7 Å². The van der Waals surface area contributed by atoms with Crippen molar-refractivity contribution in [2.75, 3.05) is 13.1 Å². The Morgan fingerprint density at radius 3 is 2.52 bits per heavy atom. The van der Waals surface area contributed by atoms with Gasteiger partial charge in [-0.2, -0.15) is 0 Å². The van der Waals surface area contributed by atoms with Crippen LogP contribution in [0.4, 0.5) is 8.78 Å². The maximum absolute atomic E-state index is 13.4. The lowest BCUT2D eigenvalue weighted by Gasteiger charge is -2.31. The molecule has 0 saturated carbocycles. The van der Waals surface area contributed by atoms with E-state index in [2.05, 4.69) is 0 Å². The van der Waals surface area contributed by atoms with Crippen LogP contribution in [0, 0.1) is 17.6 Å². The smallest absolute Gasteiger partial charge is 0.262 e. The summed E-state index contributed by atoms with van der Waals surface area (Å²) in [5, 5.41) is 0. The molecule has 0 spiro atoms. The summed E-state index contributed by atoms with van der Waals surface area (Å²) in [5.74, 6) is -3.03. The van der Waals surface area contributed by atoms with Gasteiger partial charge in [0.05, 0.1) is 10.5 Å². The van der Waals surface area contributed by atoms with E-state index in [0.29, 0.717) is 25.2 Å². The summed E-state index contributed by atoms with van der Waals surface area (Å²) >= 11 is 0. The second-order valence-corrected chi connectivity index (χ2v) is 7.73. The van der Waals surface area contributed by atoms with Crippen LogP contribution in [-0.4, -0.2) is 32.3 Å². The number of halogens is 3. The van der Waals surface area contributed by atoms with Gasteiger partial charge >= 0.3 is 0 Å². The Balaban J connectivity index is 2.47. The third-order valence-electron chi connectivity index (χ3n) is 3.46.